The average Bonchev–Trinajstić information content (AvgIpc) is 2.55. The molecule has 0 unspecified atom stereocenters. The van der Waals surface area contributed by atoms with Crippen molar-refractivity contribution in [3.8, 4) is 0 Å². The second kappa shape index (κ2) is 2.12. The third-order valence-corrected chi connectivity index (χ3v) is 3.85. The Morgan fingerprint density at radius 1 is 1.67 bits per heavy atom. The van der Waals surface area contributed by atoms with E-state index < -0.39 is 11.4 Å². The Bertz CT molecular complexity index is 257. The zero-order valence-electron chi connectivity index (χ0n) is 7.34. The Labute approximate surface area is 72.3 Å². The number of carboxylic acids is 1. The summed E-state index contributed by atoms with van der Waals surface area (Å²) in [7, 11) is 0. The van der Waals surface area contributed by atoms with E-state index in [1.807, 2.05) is 6.92 Å². The van der Waals surface area contributed by atoms with E-state index in [4.69, 9.17) is 5.11 Å². The minimum atomic E-state index is -0.681. The van der Waals surface area contributed by atoms with Crippen LogP contribution < -0.4 is 0 Å². The Balaban J connectivity index is 2.39. The largest absolute Gasteiger partial charge is 0.481 e. The molecule has 2 heteroatoms. The van der Waals surface area contributed by atoms with Crippen LogP contribution in [0.25, 0.3) is 0 Å². The molecule has 0 heterocycles. The summed E-state index contributed by atoms with van der Waals surface area (Å²) in [6.07, 6.45) is 3.29. The van der Waals surface area contributed by atoms with E-state index in [1.54, 1.807) is 0 Å². The molecule has 2 aliphatic rings. The summed E-state index contributed by atoms with van der Waals surface area (Å²) < 4.78 is 0. The summed E-state index contributed by atoms with van der Waals surface area (Å²) in [5, 5.41) is 9.10. The van der Waals surface area contributed by atoms with Crippen LogP contribution in [0.1, 0.15) is 26.2 Å². The van der Waals surface area contributed by atoms with Gasteiger partial charge >= 0.3 is 5.97 Å². The van der Waals surface area contributed by atoms with Crippen molar-refractivity contribution >= 4 is 5.97 Å². The van der Waals surface area contributed by atoms with Gasteiger partial charge in [-0.05, 0) is 38.0 Å². The van der Waals surface area contributed by atoms with E-state index in [9.17, 15) is 4.79 Å². The molecule has 0 amide bonds. The second-order valence-corrected chi connectivity index (χ2v) is 4.24. The summed E-state index contributed by atoms with van der Waals surface area (Å²) in [6, 6.07) is 0. The minimum absolute atomic E-state index is 0.354. The molecule has 0 radical (unpaired) electrons. The molecule has 3 atom stereocenters. The summed E-state index contributed by atoms with van der Waals surface area (Å²) in [4.78, 5) is 11.1. The molecule has 0 aliphatic heterocycles. The van der Waals surface area contributed by atoms with Crippen LogP contribution >= 0.6 is 0 Å². The molecule has 0 aromatic carbocycles. The highest BCUT2D eigenvalue weighted by Gasteiger charge is 2.55. The zero-order chi connectivity index (χ0) is 8.93. The van der Waals surface area contributed by atoms with Crippen LogP contribution in [-0.4, -0.2) is 11.1 Å². The highest BCUT2D eigenvalue weighted by Crippen LogP contribution is 2.58. The van der Waals surface area contributed by atoms with Gasteiger partial charge < -0.3 is 5.11 Å². The molecule has 2 rings (SSSR count). The normalized spacial score (nSPS) is 45.2. The van der Waals surface area contributed by atoms with Crippen molar-refractivity contribution in [2.45, 2.75) is 26.2 Å². The fraction of sp³-hybridized carbons (Fsp3) is 0.700. The smallest absolute Gasteiger partial charge is 0.313 e. The maximum Gasteiger partial charge on any atom is 0.313 e. The van der Waals surface area contributed by atoms with Gasteiger partial charge in [-0.15, -0.1) is 0 Å². The van der Waals surface area contributed by atoms with Gasteiger partial charge in [0.15, 0.2) is 0 Å². The number of hydrogen-bond donors (Lipinski definition) is 1. The van der Waals surface area contributed by atoms with Crippen LogP contribution in [0.5, 0.6) is 0 Å². The molecule has 0 aromatic heterocycles. The molecular formula is C10H14O2. The Hall–Kier alpha value is -0.790. The number of carbonyl (C=O) groups is 1. The quantitative estimate of drug-likeness (QED) is 0.605. The number of carboxylic acid groups (broad SMARTS) is 1. The van der Waals surface area contributed by atoms with Crippen LogP contribution in [0.15, 0.2) is 12.2 Å². The maximum atomic E-state index is 11.1. The first-order valence-corrected chi connectivity index (χ1v) is 4.49. The lowest BCUT2D eigenvalue weighted by atomic mass is 9.72. The predicted molar refractivity (Wildman–Crippen MR) is 45.7 cm³/mol. The lowest BCUT2D eigenvalue weighted by Crippen LogP contribution is -2.34. The number of hydrogen-bond acceptors (Lipinski definition) is 1. The summed E-state index contributed by atoms with van der Waals surface area (Å²) >= 11 is 0. The first-order chi connectivity index (χ1) is 5.56. The summed E-state index contributed by atoms with van der Waals surface area (Å²) in [5.74, 6) is 0.170. The van der Waals surface area contributed by atoms with Crippen molar-refractivity contribution in [3.05, 3.63) is 12.2 Å². The standard InChI is InChI=1S/C10H14O2/c1-6-7-3-4-8(5-7)10(6,2)9(11)12/h7-8H,1,3-5H2,2H3,(H,11,12)/t7-,8+,10+/m1/s1. The lowest BCUT2D eigenvalue weighted by Gasteiger charge is -2.31. The zero-order valence-corrected chi connectivity index (χ0v) is 7.34. The third-order valence-electron chi connectivity index (χ3n) is 3.85. The Morgan fingerprint density at radius 2 is 2.33 bits per heavy atom. The van der Waals surface area contributed by atoms with Gasteiger partial charge in [0.05, 0.1) is 5.41 Å². The van der Waals surface area contributed by atoms with Crippen molar-refractivity contribution in [2.75, 3.05) is 0 Å². The van der Waals surface area contributed by atoms with Gasteiger partial charge in [-0.1, -0.05) is 12.2 Å². The van der Waals surface area contributed by atoms with Crippen LogP contribution in [0.3, 0.4) is 0 Å². The Morgan fingerprint density at radius 3 is 2.67 bits per heavy atom. The Kier molecular flexibility index (Phi) is 1.39. The monoisotopic (exact) mass is 166 g/mol. The molecule has 2 aliphatic carbocycles. The SMILES string of the molecule is C=C1[C@@H]2CC[C@@H](C2)[C@@]1(C)C(=O)O. The van der Waals surface area contributed by atoms with Crippen LogP contribution in [0, 0.1) is 17.3 Å². The molecule has 0 saturated heterocycles. The molecule has 2 fully saturated rings. The third kappa shape index (κ3) is 0.680. The van der Waals surface area contributed by atoms with Crippen LogP contribution in [0.2, 0.25) is 0 Å². The van der Waals surface area contributed by atoms with Gasteiger partial charge in [-0.2, -0.15) is 0 Å². The van der Waals surface area contributed by atoms with Gasteiger partial charge in [-0.3, -0.25) is 4.79 Å². The lowest BCUT2D eigenvalue weighted by molar-refractivity contribution is -0.148. The average molecular weight is 166 g/mol. The number of aliphatic carboxylic acids is 1. The van der Waals surface area contributed by atoms with Gasteiger partial charge in [-0.25, -0.2) is 0 Å². The number of rotatable bonds is 1. The predicted octanol–water partition coefficient (Wildman–Crippen LogP) is 2.06. The van der Waals surface area contributed by atoms with Gasteiger partial charge in [0.1, 0.15) is 0 Å². The molecule has 66 valence electrons. The maximum absolute atomic E-state index is 11.1. The molecular weight excluding hydrogens is 152 g/mol. The van der Waals surface area contributed by atoms with Crippen LogP contribution in [-0.2, 0) is 4.79 Å². The summed E-state index contributed by atoms with van der Waals surface area (Å²) in [6.45, 7) is 5.77. The van der Waals surface area contributed by atoms with Crippen molar-refractivity contribution in [1.29, 1.82) is 0 Å². The molecule has 2 bridgehead atoms. The van der Waals surface area contributed by atoms with Crippen molar-refractivity contribution in [3.63, 3.8) is 0 Å². The molecule has 0 spiro atoms. The molecule has 12 heavy (non-hydrogen) atoms. The highest BCUT2D eigenvalue weighted by molar-refractivity contribution is 5.79. The van der Waals surface area contributed by atoms with E-state index in [0.29, 0.717) is 11.8 Å². The van der Waals surface area contributed by atoms with Gasteiger partial charge in [0.2, 0.25) is 0 Å². The fourth-order valence-electron chi connectivity index (χ4n) is 2.82. The van der Waals surface area contributed by atoms with Crippen molar-refractivity contribution in [2.24, 2.45) is 17.3 Å². The highest BCUT2D eigenvalue weighted by atomic mass is 16.4. The number of fused-ring (bicyclic) bond motifs is 2. The molecule has 1 N–H and O–H groups in total. The van der Waals surface area contributed by atoms with Gasteiger partial charge in [0.25, 0.3) is 0 Å². The van der Waals surface area contributed by atoms with Crippen molar-refractivity contribution < 1.29 is 9.90 Å². The van der Waals surface area contributed by atoms with E-state index >= 15 is 0 Å². The first kappa shape index (κ1) is 7.84. The molecule has 0 aromatic rings. The van der Waals surface area contributed by atoms with Gasteiger partial charge in [0, 0.05) is 0 Å². The molecule has 2 saturated carbocycles. The topological polar surface area (TPSA) is 37.3 Å². The van der Waals surface area contributed by atoms with E-state index in [1.165, 1.54) is 0 Å². The van der Waals surface area contributed by atoms with Crippen LogP contribution in [0.4, 0.5) is 0 Å². The second-order valence-electron chi connectivity index (χ2n) is 4.24. The van der Waals surface area contributed by atoms with Crippen molar-refractivity contribution in [1.82, 2.24) is 0 Å². The fourth-order valence-corrected chi connectivity index (χ4v) is 2.82. The van der Waals surface area contributed by atoms with E-state index in [0.717, 1.165) is 24.8 Å². The molecule has 2 nitrogen and oxygen atoms in total. The minimum Gasteiger partial charge on any atom is -0.481 e. The van der Waals surface area contributed by atoms with E-state index in [2.05, 4.69) is 6.58 Å². The first-order valence-electron chi connectivity index (χ1n) is 4.49. The van der Waals surface area contributed by atoms with E-state index in [-0.39, 0.29) is 0 Å². The summed E-state index contributed by atoms with van der Waals surface area (Å²) in [5.41, 5.74) is 0.356.